The fourth-order valence-electron chi connectivity index (χ4n) is 3.37. The summed E-state index contributed by atoms with van der Waals surface area (Å²) in [6.45, 7) is 1.15. The van der Waals surface area contributed by atoms with Gasteiger partial charge in [0, 0.05) is 36.4 Å². The van der Waals surface area contributed by atoms with Crippen LogP contribution in [0.5, 0.6) is 5.75 Å². The van der Waals surface area contributed by atoms with Crippen molar-refractivity contribution in [3.8, 4) is 5.75 Å². The van der Waals surface area contributed by atoms with Gasteiger partial charge in [0.1, 0.15) is 5.75 Å². The van der Waals surface area contributed by atoms with E-state index in [1.807, 2.05) is 18.2 Å². The Morgan fingerprint density at radius 2 is 1.97 bits per heavy atom. The van der Waals surface area contributed by atoms with Gasteiger partial charge in [0.25, 0.3) is 10.0 Å². The highest BCUT2D eigenvalue weighted by Gasteiger charge is 2.34. The van der Waals surface area contributed by atoms with Gasteiger partial charge >= 0.3 is 0 Å². The first-order valence-corrected chi connectivity index (χ1v) is 13.1. The molecule has 0 unspecified atom stereocenters. The molecule has 1 fully saturated rings. The second-order valence-corrected chi connectivity index (χ2v) is 11.0. The molecule has 1 saturated heterocycles. The molecular formula is C21H19N5O4S3. The Morgan fingerprint density at radius 1 is 1.18 bits per heavy atom. The molecule has 1 aliphatic heterocycles. The van der Waals surface area contributed by atoms with E-state index in [9.17, 15) is 13.2 Å². The molecular weight excluding hydrogens is 482 g/mol. The van der Waals surface area contributed by atoms with Crippen LogP contribution < -0.4 is 19.7 Å². The van der Waals surface area contributed by atoms with Crippen LogP contribution in [0.25, 0.3) is 10.2 Å². The molecule has 2 N–H and O–H groups in total. The number of nitrogens with zero attached hydrogens (tertiary/aromatic N) is 3. The average molecular weight is 502 g/mol. The Hall–Kier alpha value is -3.22. The number of anilines is 3. The standard InChI is InChI=1S/C21H19N5O4S3/c1-30-15-4-7-18-17(10-15)24-21(32-18)26-11-13(12-26)19(27)23-14-2-5-16(6-3-14)33(28,29)25-20-22-8-9-31-20/h2-10,13H,11-12H2,1H3,(H,22,25)(H,23,27). The number of carbonyl (C=O) groups is 1. The molecule has 2 aromatic carbocycles. The molecule has 3 heterocycles. The molecule has 4 aromatic rings. The second kappa shape index (κ2) is 8.61. The predicted molar refractivity (Wildman–Crippen MR) is 130 cm³/mol. The van der Waals surface area contributed by atoms with E-state index >= 15 is 0 Å². The molecule has 2 aromatic heterocycles. The molecule has 0 aliphatic carbocycles. The molecule has 9 nitrogen and oxygen atoms in total. The van der Waals surface area contributed by atoms with E-state index in [4.69, 9.17) is 4.74 Å². The summed E-state index contributed by atoms with van der Waals surface area (Å²) in [5.41, 5.74) is 1.42. The maximum absolute atomic E-state index is 12.6. The van der Waals surface area contributed by atoms with Crippen molar-refractivity contribution in [3.05, 3.63) is 54.0 Å². The van der Waals surface area contributed by atoms with Gasteiger partial charge in [-0.25, -0.2) is 18.4 Å². The minimum Gasteiger partial charge on any atom is -0.497 e. The van der Waals surface area contributed by atoms with E-state index in [0.29, 0.717) is 23.9 Å². The van der Waals surface area contributed by atoms with Crippen molar-refractivity contribution in [1.29, 1.82) is 0 Å². The number of nitrogens with one attached hydrogen (secondary N) is 2. The van der Waals surface area contributed by atoms with Crippen molar-refractivity contribution >= 4 is 64.8 Å². The number of amides is 1. The van der Waals surface area contributed by atoms with Crippen LogP contribution >= 0.6 is 22.7 Å². The summed E-state index contributed by atoms with van der Waals surface area (Å²) >= 11 is 2.78. The molecule has 33 heavy (non-hydrogen) atoms. The van der Waals surface area contributed by atoms with Gasteiger partial charge < -0.3 is 15.0 Å². The molecule has 0 atom stereocenters. The van der Waals surface area contributed by atoms with Gasteiger partial charge in [-0.15, -0.1) is 11.3 Å². The van der Waals surface area contributed by atoms with E-state index in [1.165, 1.54) is 29.7 Å². The highest BCUT2D eigenvalue weighted by atomic mass is 32.2. The number of fused-ring (bicyclic) bond motifs is 1. The summed E-state index contributed by atoms with van der Waals surface area (Å²) < 4.78 is 33.6. The molecule has 0 bridgehead atoms. The van der Waals surface area contributed by atoms with Gasteiger partial charge in [0.05, 0.1) is 28.1 Å². The van der Waals surface area contributed by atoms with Crippen LogP contribution in [0.4, 0.5) is 16.0 Å². The zero-order valence-corrected chi connectivity index (χ0v) is 19.8. The summed E-state index contributed by atoms with van der Waals surface area (Å²) in [6, 6.07) is 11.8. The summed E-state index contributed by atoms with van der Waals surface area (Å²) in [4.78, 5) is 23.3. The minimum absolute atomic E-state index is 0.0954. The molecule has 1 amide bonds. The normalized spacial score (nSPS) is 14.2. The van der Waals surface area contributed by atoms with Gasteiger partial charge in [0.15, 0.2) is 10.3 Å². The molecule has 0 radical (unpaired) electrons. The molecule has 5 rings (SSSR count). The Kier molecular flexibility index (Phi) is 5.64. The molecule has 12 heteroatoms. The van der Waals surface area contributed by atoms with Gasteiger partial charge in [-0.05, 0) is 36.4 Å². The lowest BCUT2D eigenvalue weighted by Gasteiger charge is -2.37. The first kappa shape index (κ1) is 21.6. The number of carbonyl (C=O) groups excluding carboxylic acids is 1. The molecule has 1 aliphatic rings. The van der Waals surface area contributed by atoms with Crippen molar-refractivity contribution in [3.63, 3.8) is 0 Å². The van der Waals surface area contributed by atoms with Gasteiger partial charge in [0.2, 0.25) is 5.91 Å². The minimum atomic E-state index is -3.73. The van der Waals surface area contributed by atoms with Crippen molar-refractivity contribution in [2.45, 2.75) is 4.90 Å². The SMILES string of the molecule is COc1ccc2sc(N3CC(C(=O)Nc4ccc(S(=O)(=O)Nc5nccs5)cc4)C3)nc2c1. The van der Waals surface area contributed by atoms with Gasteiger partial charge in [-0.2, -0.15) is 0 Å². The number of sulfonamides is 1. The van der Waals surface area contributed by atoms with Crippen molar-refractivity contribution in [2.75, 3.05) is 35.1 Å². The van der Waals surface area contributed by atoms with E-state index in [-0.39, 0.29) is 16.7 Å². The zero-order valence-electron chi connectivity index (χ0n) is 17.4. The maximum Gasteiger partial charge on any atom is 0.263 e. The lowest BCUT2D eigenvalue weighted by Crippen LogP contribution is -2.52. The third kappa shape index (κ3) is 4.49. The van der Waals surface area contributed by atoms with Crippen molar-refractivity contribution in [2.24, 2.45) is 5.92 Å². The first-order valence-electron chi connectivity index (χ1n) is 9.94. The Morgan fingerprint density at radius 3 is 2.67 bits per heavy atom. The summed E-state index contributed by atoms with van der Waals surface area (Å²) in [5.74, 6) is 0.491. The maximum atomic E-state index is 12.6. The fraction of sp³-hybridized carbons (Fsp3) is 0.190. The van der Waals surface area contributed by atoms with Crippen LogP contribution in [-0.2, 0) is 14.8 Å². The third-order valence-electron chi connectivity index (χ3n) is 5.19. The smallest absolute Gasteiger partial charge is 0.263 e. The molecule has 0 saturated carbocycles. The fourth-order valence-corrected chi connectivity index (χ4v) is 6.12. The van der Waals surface area contributed by atoms with Gasteiger partial charge in [-0.1, -0.05) is 11.3 Å². The van der Waals surface area contributed by atoms with Gasteiger partial charge in [-0.3, -0.25) is 9.52 Å². The number of ether oxygens (including phenoxy) is 1. The number of hydrogen-bond donors (Lipinski definition) is 2. The molecule has 170 valence electrons. The summed E-state index contributed by atoms with van der Waals surface area (Å²) in [7, 11) is -2.10. The largest absolute Gasteiger partial charge is 0.497 e. The number of hydrogen-bond acceptors (Lipinski definition) is 9. The van der Waals surface area contributed by atoms with Crippen LogP contribution in [0.2, 0.25) is 0 Å². The zero-order chi connectivity index (χ0) is 23.0. The van der Waals surface area contributed by atoms with E-state index < -0.39 is 10.0 Å². The number of benzene rings is 2. The predicted octanol–water partition coefficient (Wildman–Crippen LogP) is 3.64. The third-order valence-corrected chi connectivity index (χ3v) is 8.46. The monoisotopic (exact) mass is 501 g/mol. The van der Waals surface area contributed by atoms with Crippen molar-refractivity contribution in [1.82, 2.24) is 9.97 Å². The van der Waals surface area contributed by atoms with Crippen LogP contribution in [0.1, 0.15) is 0 Å². The number of methoxy groups -OCH3 is 1. The molecule has 0 spiro atoms. The highest BCUT2D eigenvalue weighted by Crippen LogP contribution is 2.34. The number of thiazole rings is 2. The quantitative estimate of drug-likeness (QED) is 0.397. The first-order chi connectivity index (χ1) is 15.9. The summed E-state index contributed by atoms with van der Waals surface area (Å²) in [5, 5.41) is 5.72. The van der Waals surface area contributed by atoms with E-state index in [2.05, 4.69) is 24.9 Å². The van der Waals surface area contributed by atoms with Crippen molar-refractivity contribution < 1.29 is 17.9 Å². The second-order valence-electron chi connectivity index (χ2n) is 7.39. The highest BCUT2D eigenvalue weighted by molar-refractivity contribution is 7.93. The van der Waals surface area contributed by atoms with Crippen LogP contribution in [0.3, 0.4) is 0 Å². The number of rotatable bonds is 7. The van der Waals surface area contributed by atoms with Crippen LogP contribution in [-0.4, -0.2) is 44.5 Å². The summed E-state index contributed by atoms with van der Waals surface area (Å²) in [6.07, 6.45) is 1.52. The topological polar surface area (TPSA) is 114 Å². The number of aromatic nitrogens is 2. The van der Waals surface area contributed by atoms with Crippen LogP contribution in [0, 0.1) is 5.92 Å². The lowest BCUT2D eigenvalue weighted by atomic mass is 10.00. The lowest BCUT2D eigenvalue weighted by molar-refractivity contribution is -0.120. The van der Waals surface area contributed by atoms with E-state index in [1.54, 1.807) is 36.0 Å². The Bertz CT molecular complexity index is 1400. The van der Waals surface area contributed by atoms with E-state index in [0.717, 1.165) is 21.1 Å². The van der Waals surface area contributed by atoms with Crippen LogP contribution in [0.15, 0.2) is 58.9 Å². The Labute approximate surface area is 198 Å². The Balaban J connectivity index is 1.18. The average Bonchev–Trinajstić information content (AvgIpc) is 3.41.